The number of carbonyl (C=O) groups excluding carboxylic acids is 1. The first-order valence-electron chi connectivity index (χ1n) is 10.8. The molecular formula is C26H28N2O3. The second-order valence-corrected chi connectivity index (χ2v) is 7.76. The number of ether oxygens (including phenoxy) is 2. The van der Waals surface area contributed by atoms with Gasteiger partial charge >= 0.3 is 0 Å². The number of hydrogen-bond donors (Lipinski definition) is 1. The van der Waals surface area contributed by atoms with E-state index in [4.69, 9.17) is 14.5 Å². The van der Waals surface area contributed by atoms with E-state index < -0.39 is 0 Å². The van der Waals surface area contributed by atoms with E-state index in [1.165, 1.54) is 18.4 Å². The van der Waals surface area contributed by atoms with E-state index in [1.807, 2.05) is 48.5 Å². The Balaban J connectivity index is 1.63. The van der Waals surface area contributed by atoms with Crippen LogP contribution in [0.5, 0.6) is 11.5 Å². The predicted octanol–water partition coefficient (Wildman–Crippen LogP) is 5.54. The molecule has 1 amide bonds. The number of nitrogens with one attached hydrogen (secondary N) is 1. The molecule has 160 valence electrons. The molecule has 0 saturated heterocycles. The molecule has 1 aliphatic rings. The Labute approximate surface area is 183 Å². The van der Waals surface area contributed by atoms with Crippen LogP contribution in [0.25, 0.3) is 22.2 Å². The summed E-state index contributed by atoms with van der Waals surface area (Å²) in [5.41, 5.74) is 4.46. The summed E-state index contributed by atoms with van der Waals surface area (Å²) in [6.07, 6.45) is 8.08. The lowest BCUT2D eigenvalue weighted by Gasteiger charge is -2.14. The molecule has 0 bridgehead atoms. The van der Waals surface area contributed by atoms with Crippen molar-refractivity contribution in [3.63, 3.8) is 0 Å². The number of carbonyl (C=O) groups is 1. The van der Waals surface area contributed by atoms with E-state index in [2.05, 4.69) is 11.4 Å². The first-order chi connectivity index (χ1) is 15.2. The average Bonchev–Trinajstić information content (AvgIpc) is 2.83. The second-order valence-electron chi connectivity index (χ2n) is 7.76. The number of methoxy groups -OCH3 is 2. The molecule has 1 aromatic heterocycles. The number of rotatable bonds is 7. The van der Waals surface area contributed by atoms with E-state index in [0.29, 0.717) is 23.6 Å². The van der Waals surface area contributed by atoms with Gasteiger partial charge in [0.15, 0.2) is 11.5 Å². The quantitative estimate of drug-likeness (QED) is 0.514. The Kier molecular flexibility index (Phi) is 6.51. The van der Waals surface area contributed by atoms with Crippen LogP contribution < -0.4 is 14.8 Å². The molecule has 31 heavy (non-hydrogen) atoms. The van der Waals surface area contributed by atoms with Gasteiger partial charge in [-0.15, -0.1) is 0 Å². The van der Waals surface area contributed by atoms with Crippen LogP contribution in [-0.4, -0.2) is 31.7 Å². The van der Waals surface area contributed by atoms with Crippen molar-refractivity contribution in [2.24, 2.45) is 0 Å². The smallest absolute Gasteiger partial charge is 0.252 e. The molecule has 1 N–H and O–H groups in total. The van der Waals surface area contributed by atoms with Gasteiger partial charge in [0.25, 0.3) is 5.91 Å². The molecular weight excluding hydrogens is 388 g/mol. The van der Waals surface area contributed by atoms with E-state index in [1.54, 1.807) is 14.2 Å². The second kappa shape index (κ2) is 9.65. The lowest BCUT2D eigenvalue weighted by atomic mass is 9.97. The number of allylic oxidation sites excluding steroid dienone is 1. The lowest BCUT2D eigenvalue weighted by molar-refractivity contribution is 0.0955. The lowest BCUT2D eigenvalue weighted by Crippen LogP contribution is -2.25. The standard InChI is InChI=1S/C26H28N2O3/c1-30-24-13-12-19(16-25(24)31-2)23-17-21(20-10-6-7-11-22(20)28-23)26(29)27-15-14-18-8-4-3-5-9-18/h6-8,10-13,16-17H,3-5,9,14-15H2,1-2H3,(H,27,29). The Morgan fingerprint density at radius 2 is 1.87 bits per heavy atom. The Hall–Kier alpha value is -3.34. The molecule has 0 unspecified atom stereocenters. The van der Waals surface area contributed by atoms with Crippen molar-refractivity contribution in [2.75, 3.05) is 20.8 Å². The zero-order chi connectivity index (χ0) is 21.6. The van der Waals surface area contributed by atoms with Crippen LogP contribution in [0.3, 0.4) is 0 Å². The van der Waals surface area contributed by atoms with Crippen LogP contribution in [0.2, 0.25) is 0 Å². The third-order valence-electron chi connectivity index (χ3n) is 5.76. The van der Waals surface area contributed by atoms with Crippen molar-refractivity contribution in [3.05, 3.63) is 65.7 Å². The number of para-hydroxylation sites is 1. The number of aromatic nitrogens is 1. The minimum Gasteiger partial charge on any atom is -0.493 e. The summed E-state index contributed by atoms with van der Waals surface area (Å²) < 4.78 is 10.8. The summed E-state index contributed by atoms with van der Waals surface area (Å²) in [5.74, 6) is 1.21. The Bertz CT molecular complexity index is 1120. The molecule has 0 radical (unpaired) electrons. The number of fused-ring (bicyclic) bond motifs is 1. The van der Waals surface area contributed by atoms with Crippen molar-refractivity contribution in [2.45, 2.75) is 32.1 Å². The molecule has 2 aromatic carbocycles. The molecule has 4 rings (SSSR count). The molecule has 0 aliphatic heterocycles. The van der Waals surface area contributed by atoms with Gasteiger partial charge in [0.2, 0.25) is 0 Å². The first-order valence-corrected chi connectivity index (χ1v) is 10.8. The zero-order valence-corrected chi connectivity index (χ0v) is 18.1. The summed E-state index contributed by atoms with van der Waals surface area (Å²) in [7, 11) is 3.22. The Morgan fingerprint density at radius 3 is 2.65 bits per heavy atom. The fourth-order valence-electron chi connectivity index (χ4n) is 4.07. The van der Waals surface area contributed by atoms with Crippen molar-refractivity contribution < 1.29 is 14.3 Å². The monoisotopic (exact) mass is 416 g/mol. The van der Waals surface area contributed by atoms with Gasteiger partial charge in [-0.3, -0.25) is 4.79 Å². The topological polar surface area (TPSA) is 60.5 Å². The Morgan fingerprint density at radius 1 is 1.03 bits per heavy atom. The molecule has 0 fully saturated rings. The van der Waals surface area contributed by atoms with E-state index in [-0.39, 0.29) is 5.91 Å². The highest BCUT2D eigenvalue weighted by atomic mass is 16.5. The molecule has 0 spiro atoms. The van der Waals surface area contributed by atoms with Crippen LogP contribution in [0.15, 0.2) is 60.2 Å². The molecule has 0 saturated carbocycles. The predicted molar refractivity (Wildman–Crippen MR) is 124 cm³/mol. The minimum atomic E-state index is -0.0725. The third kappa shape index (κ3) is 4.71. The van der Waals surface area contributed by atoms with Crippen molar-refractivity contribution in [1.29, 1.82) is 0 Å². The maximum Gasteiger partial charge on any atom is 0.252 e. The largest absolute Gasteiger partial charge is 0.493 e. The van der Waals surface area contributed by atoms with Gasteiger partial charge in [-0.25, -0.2) is 4.98 Å². The molecule has 3 aromatic rings. The van der Waals surface area contributed by atoms with Gasteiger partial charge in [0.05, 0.1) is 31.0 Å². The number of pyridine rings is 1. The van der Waals surface area contributed by atoms with E-state index in [0.717, 1.165) is 41.4 Å². The highest BCUT2D eigenvalue weighted by Crippen LogP contribution is 2.33. The van der Waals surface area contributed by atoms with Gasteiger partial charge in [-0.2, -0.15) is 0 Å². The third-order valence-corrected chi connectivity index (χ3v) is 5.76. The molecule has 0 atom stereocenters. The maximum absolute atomic E-state index is 13.1. The van der Waals surface area contributed by atoms with Crippen molar-refractivity contribution in [3.8, 4) is 22.8 Å². The van der Waals surface area contributed by atoms with Gasteiger partial charge in [-0.1, -0.05) is 29.8 Å². The summed E-state index contributed by atoms with van der Waals surface area (Å²) in [6, 6.07) is 15.3. The molecule has 5 heteroatoms. The first kappa shape index (κ1) is 20.9. The number of nitrogens with zero attached hydrogens (tertiary/aromatic N) is 1. The van der Waals surface area contributed by atoms with Crippen LogP contribution >= 0.6 is 0 Å². The van der Waals surface area contributed by atoms with Crippen LogP contribution in [0, 0.1) is 0 Å². The fraction of sp³-hybridized carbons (Fsp3) is 0.308. The molecule has 1 heterocycles. The van der Waals surface area contributed by atoms with Gasteiger partial charge in [-0.05, 0) is 62.4 Å². The number of hydrogen-bond acceptors (Lipinski definition) is 4. The van der Waals surface area contributed by atoms with Gasteiger partial charge < -0.3 is 14.8 Å². The van der Waals surface area contributed by atoms with Crippen LogP contribution in [0.4, 0.5) is 0 Å². The number of benzene rings is 2. The highest BCUT2D eigenvalue weighted by Gasteiger charge is 2.15. The summed E-state index contributed by atoms with van der Waals surface area (Å²) in [6.45, 7) is 0.646. The highest BCUT2D eigenvalue weighted by molar-refractivity contribution is 6.07. The summed E-state index contributed by atoms with van der Waals surface area (Å²) in [4.78, 5) is 17.9. The zero-order valence-electron chi connectivity index (χ0n) is 18.1. The molecule has 1 aliphatic carbocycles. The summed E-state index contributed by atoms with van der Waals surface area (Å²) >= 11 is 0. The van der Waals surface area contributed by atoms with Gasteiger partial charge in [0.1, 0.15) is 0 Å². The van der Waals surface area contributed by atoms with Crippen LogP contribution in [-0.2, 0) is 0 Å². The minimum absolute atomic E-state index is 0.0725. The van der Waals surface area contributed by atoms with E-state index in [9.17, 15) is 4.79 Å². The van der Waals surface area contributed by atoms with Crippen molar-refractivity contribution >= 4 is 16.8 Å². The normalized spacial score (nSPS) is 13.5. The maximum atomic E-state index is 13.1. The summed E-state index contributed by atoms with van der Waals surface area (Å²) in [5, 5.41) is 3.95. The SMILES string of the molecule is COc1ccc(-c2cc(C(=O)NCCC3=CCCCC3)c3ccccc3n2)cc1OC. The molecule has 5 nitrogen and oxygen atoms in total. The van der Waals surface area contributed by atoms with Gasteiger partial charge in [0, 0.05) is 17.5 Å². The fourth-order valence-corrected chi connectivity index (χ4v) is 4.07. The average molecular weight is 417 g/mol. The van der Waals surface area contributed by atoms with E-state index >= 15 is 0 Å². The van der Waals surface area contributed by atoms with Crippen molar-refractivity contribution in [1.82, 2.24) is 10.3 Å². The number of amides is 1. The van der Waals surface area contributed by atoms with Crippen LogP contribution in [0.1, 0.15) is 42.5 Å².